The van der Waals surface area contributed by atoms with Gasteiger partial charge in [-0.25, -0.2) is 9.98 Å². The number of pyridine rings is 1. The second-order valence-corrected chi connectivity index (χ2v) is 7.03. The summed E-state index contributed by atoms with van der Waals surface area (Å²) in [5.41, 5.74) is 13.6. The van der Waals surface area contributed by atoms with Gasteiger partial charge in [-0.15, -0.1) is 0 Å². The molecule has 11 heteroatoms. The molecule has 0 fully saturated rings. The molecule has 29 heavy (non-hydrogen) atoms. The smallest absolute Gasteiger partial charge is 0.211 e. The van der Waals surface area contributed by atoms with E-state index in [0.717, 1.165) is 9.13 Å². The Balaban J connectivity index is 2.27. The van der Waals surface area contributed by atoms with E-state index < -0.39 is 6.04 Å². The summed E-state index contributed by atoms with van der Waals surface area (Å²) in [6.45, 7) is 2.32. The molecule has 2 aromatic rings. The number of nitriles is 2. The van der Waals surface area contributed by atoms with Gasteiger partial charge in [-0.1, -0.05) is 0 Å². The van der Waals surface area contributed by atoms with E-state index in [9.17, 15) is 5.26 Å². The first-order chi connectivity index (χ1) is 13.9. The average molecular weight is 504 g/mol. The predicted octanol–water partition coefficient (Wildman–Crippen LogP) is 2.07. The van der Waals surface area contributed by atoms with Crippen LogP contribution >= 0.6 is 22.6 Å². The maximum absolute atomic E-state index is 9.42. The number of rotatable bonds is 4. The van der Waals surface area contributed by atoms with Crippen LogP contribution in [0.4, 0.5) is 17.3 Å². The number of ether oxygens (including phenoxy) is 2. The topological polar surface area (TPSA) is 167 Å². The quantitative estimate of drug-likeness (QED) is 0.277. The maximum Gasteiger partial charge on any atom is 0.211 e. The zero-order chi connectivity index (χ0) is 21.1. The largest absolute Gasteiger partial charge is 0.492 e. The summed E-state index contributed by atoms with van der Waals surface area (Å²) in [6.07, 6.45) is 1.82. The van der Waals surface area contributed by atoms with Crippen molar-refractivity contribution in [1.82, 2.24) is 10.3 Å². The number of nitrogen functional groups attached to an aromatic ring is 2. The van der Waals surface area contributed by atoms with Gasteiger partial charge in [0.25, 0.3) is 0 Å². The van der Waals surface area contributed by atoms with Crippen LogP contribution < -0.4 is 31.6 Å². The number of aromatic nitrogens is 1. The first kappa shape index (κ1) is 20.3. The Morgan fingerprint density at radius 1 is 1.34 bits per heavy atom. The number of hydrogen-bond donors (Lipinski definition) is 4. The molecule has 2 heterocycles. The van der Waals surface area contributed by atoms with Crippen molar-refractivity contribution in [2.75, 3.05) is 30.5 Å². The van der Waals surface area contributed by atoms with Crippen molar-refractivity contribution in [2.24, 2.45) is 4.99 Å². The summed E-state index contributed by atoms with van der Waals surface area (Å²) < 4.78 is 12.0. The van der Waals surface area contributed by atoms with Crippen LogP contribution in [0.2, 0.25) is 0 Å². The molecule has 6 N–H and O–H groups in total. The molecule has 1 unspecified atom stereocenters. The van der Waals surface area contributed by atoms with E-state index in [-0.39, 0.29) is 23.0 Å². The number of fused-ring (bicyclic) bond motifs is 1. The molecule has 3 rings (SSSR count). The predicted molar refractivity (Wildman–Crippen MR) is 116 cm³/mol. The monoisotopic (exact) mass is 504 g/mol. The van der Waals surface area contributed by atoms with Crippen molar-refractivity contribution in [1.29, 1.82) is 10.5 Å². The molecule has 0 saturated heterocycles. The molecule has 0 saturated carbocycles. The SMILES string of the molecule is CCOc1cc(C2N=C(NC#N)Nc3nc(N)c(C#N)c(N)c32)cc(I)c1OC. The van der Waals surface area contributed by atoms with Crippen molar-refractivity contribution in [2.45, 2.75) is 13.0 Å². The Bertz CT molecular complexity index is 1090. The zero-order valence-corrected chi connectivity index (χ0v) is 17.7. The first-order valence-electron chi connectivity index (χ1n) is 8.44. The minimum Gasteiger partial charge on any atom is -0.492 e. The Morgan fingerprint density at radius 3 is 2.72 bits per heavy atom. The van der Waals surface area contributed by atoms with Crippen LogP contribution in [0, 0.1) is 26.4 Å². The van der Waals surface area contributed by atoms with E-state index in [2.05, 4.69) is 43.2 Å². The summed E-state index contributed by atoms with van der Waals surface area (Å²) in [7, 11) is 1.57. The van der Waals surface area contributed by atoms with Gasteiger partial charge in [0, 0.05) is 5.56 Å². The van der Waals surface area contributed by atoms with E-state index in [4.69, 9.17) is 26.2 Å². The van der Waals surface area contributed by atoms with Gasteiger partial charge < -0.3 is 26.3 Å². The number of guanidine groups is 1. The van der Waals surface area contributed by atoms with Crippen molar-refractivity contribution >= 4 is 45.9 Å². The van der Waals surface area contributed by atoms with E-state index in [0.29, 0.717) is 29.5 Å². The summed E-state index contributed by atoms with van der Waals surface area (Å²) in [6, 6.07) is 4.99. The molecule has 1 aliphatic rings. The normalized spacial score (nSPS) is 14.5. The summed E-state index contributed by atoms with van der Waals surface area (Å²) in [4.78, 5) is 8.79. The number of aliphatic imine (C=N–C) groups is 1. The molecule has 10 nitrogen and oxygen atoms in total. The Morgan fingerprint density at radius 2 is 2.10 bits per heavy atom. The molecule has 1 aliphatic heterocycles. The minimum absolute atomic E-state index is 0.00692. The van der Waals surface area contributed by atoms with E-state index in [1.54, 1.807) is 13.2 Å². The van der Waals surface area contributed by atoms with Crippen LogP contribution in [0.5, 0.6) is 11.5 Å². The number of halogens is 1. The summed E-state index contributed by atoms with van der Waals surface area (Å²) in [5.74, 6) is 1.65. The first-order valence-corrected chi connectivity index (χ1v) is 9.52. The van der Waals surface area contributed by atoms with E-state index >= 15 is 0 Å². The van der Waals surface area contributed by atoms with Crippen molar-refractivity contribution < 1.29 is 9.47 Å². The fourth-order valence-electron chi connectivity index (χ4n) is 3.03. The van der Waals surface area contributed by atoms with Crippen LogP contribution in [-0.2, 0) is 0 Å². The number of methoxy groups -OCH3 is 1. The molecule has 0 amide bonds. The third kappa shape index (κ3) is 3.64. The third-order valence-corrected chi connectivity index (χ3v) is 5.01. The van der Waals surface area contributed by atoms with Crippen molar-refractivity contribution in [3.05, 3.63) is 32.4 Å². The molecule has 1 atom stereocenters. The Hall–Kier alpha value is -3.45. The molecule has 0 bridgehead atoms. The Labute approximate surface area is 180 Å². The van der Waals surface area contributed by atoms with Crippen LogP contribution in [0.1, 0.15) is 29.7 Å². The number of benzene rings is 1. The fourth-order valence-corrected chi connectivity index (χ4v) is 3.87. The molecular formula is C18H17IN8O2. The lowest BCUT2D eigenvalue weighted by molar-refractivity contribution is 0.309. The minimum atomic E-state index is -0.652. The van der Waals surface area contributed by atoms with Gasteiger partial charge in [0.15, 0.2) is 17.7 Å². The number of nitrogens with zero attached hydrogens (tertiary/aromatic N) is 4. The number of nitrogens with one attached hydrogen (secondary N) is 2. The second kappa shape index (κ2) is 8.28. The van der Waals surface area contributed by atoms with Gasteiger partial charge in [-0.2, -0.15) is 10.5 Å². The van der Waals surface area contributed by atoms with Crippen molar-refractivity contribution in [3.63, 3.8) is 0 Å². The number of anilines is 3. The third-order valence-electron chi connectivity index (χ3n) is 4.21. The molecule has 0 radical (unpaired) electrons. The van der Waals surface area contributed by atoms with Crippen molar-refractivity contribution in [3.8, 4) is 23.8 Å². The second-order valence-electron chi connectivity index (χ2n) is 5.87. The van der Waals surface area contributed by atoms with Gasteiger partial charge in [0.1, 0.15) is 29.3 Å². The van der Waals surface area contributed by atoms with E-state index in [1.165, 1.54) is 0 Å². The maximum atomic E-state index is 9.42. The highest BCUT2D eigenvalue weighted by Crippen LogP contribution is 2.43. The number of nitrogens with two attached hydrogens (primary N) is 2. The zero-order valence-electron chi connectivity index (χ0n) is 15.6. The van der Waals surface area contributed by atoms with Gasteiger partial charge in [-0.05, 0) is 47.2 Å². The average Bonchev–Trinajstić information content (AvgIpc) is 2.67. The van der Waals surface area contributed by atoms with Crippen LogP contribution in [0.25, 0.3) is 0 Å². The lowest BCUT2D eigenvalue weighted by Gasteiger charge is -2.27. The highest BCUT2D eigenvalue weighted by Gasteiger charge is 2.30. The molecule has 1 aromatic carbocycles. The standard InChI is InChI=1S/C18H17IN8O2/c1-3-29-11-5-8(4-10(19)15(11)28-2)14-12-13(22)9(6-20)16(23)26-17(12)27-18(25-14)24-7-21/h4-5,14H,3H2,1-2H3,(H6,22,23,24,25,26,27). The van der Waals surface area contributed by atoms with E-state index in [1.807, 2.05) is 25.3 Å². The van der Waals surface area contributed by atoms with Crippen LogP contribution in [0.3, 0.4) is 0 Å². The van der Waals surface area contributed by atoms with Gasteiger partial charge >= 0.3 is 0 Å². The van der Waals surface area contributed by atoms with Gasteiger partial charge in [0.05, 0.1) is 23.0 Å². The highest BCUT2D eigenvalue weighted by atomic mass is 127. The fraction of sp³-hybridized carbons (Fsp3) is 0.222. The molecule has 0 aliphatic carbocycles. The van der Waals surface area contributed by atoms with Crippen LogP contribution in [0.15, 0.2) is 17.1 Å². The van der Waals surface area contributed by atoms with Gasteiger partial charge in [0.2, 0.25) is 5.96 Å². The van der Waals surface area contributed by atoms with Crippen LogP contribution in [-0.4, -0.2) is 24.7 Å². The summed E-state index contributed by atoms with van der Waals surface area (Å²) in [5, 5.41) is 23.8. The summed E-state index contributed by atoms with van der Waals surface area (Å²) >= 11 is 2.14. The lowest BCUT2D eigenvalue weighted by atomic mass is 9.95. The highest BCUT2D eigenvalue weighted by molar-refractivity contribution is 14.1. The number of hydrogen-bond acceptors (Lipinski definition) is 10. The lowest BCUT2D eigenvalue weighted by Crippen LogP contribution is -2.32. The molecule has 1 aromatic heterocycles. The van der Waals surface area contributed by atoms with Gasteiger partial charge in [-0.3, -0.25) is 5.32 Å². The molecule has 148 valence electrons. The molecule has 0 spiro atoms. The molecular weight excluding hydrogens is 487 g/mol. The Kier molecular flexibility index (Phi) is 5.79.